The molecule has 1 amide bonds. The minimum absolute atomic E-state index is 0.0162. The molecule has 0 unspecified atom stereocenters. The van der Waals surface area contributed by atoms with E-state index in [1.165, 1.54) is 6.08 Å². The van der Waals surface area contributed by atoms with E-state index in [4.69, 9.17) is 4.74 Å². The van der Waals surface area contributed by atoms with Crippen molar-refractivity contribution in [2.75, 3.05) is 6.61 Å². The highest BCUT2D eigenvalue weighted by molar-refractivity contribution is 7.78. The molecule has 1 rings (SSSR count). The molecule has 0 radical (unpaired) electrons. The molecule has 0 saturated carbocycles. The highest BCUT2D eigenvalue weighted by atomic mass is 32.1. The van der Waals surface area contributed by atoms with Gasteiger partial charge in [-0.15, -0.1) is 0 Å². The van der Waals surface area contributed by atoms with Crippen molar-refractivity contribution in [1.29, 1.82) is 0 Å². The lowest BCUT2D eigenvalue weighted by Crippen LogP contribution is -2.21. The Morgan fingerprint density at radius 1 is 1.75 bits per heavy atom. The van der Waals surface area contributed by atoms with Gasteiger partial charge in [0.15, 0.2) is 12.0 Å². The zero-order chi connectivity index (χ0) is 8.97. The summed E-state index contributed by atoms with van der Waals surface area (Å²) < 4.78 is 7.01. The van der Waals surface area contributed by atoms with Gasteiger partial charge in [0.1, 0.15) is 6.61 Å². The smallest absolute Gasteiger partial charge is 0.296 e. The Morgan fingerprint density at radius 3 is 3.08 bits per heavy atom. The van der Waals surface area contributed by atoms with Crippen molar-refractivity contribution in [2.24, 2.45) is 0 Å². The first-order valence-corrected chi connectivity index (χ1v) is 3.67. The molecular weight excluding hydrogens is 178 g/mol. The predicted molar refractivity (Wildman–Crippen MR) is 45.3 cm³/mol. The Morgan fingerprint density at radius 2 is 2.50 bits per heavy atom. The minimum atomic E-state index is -0.509. The quantitative estimate of drug-likeness (QED) is 0.470. The van der Waals surface area contributed by atoms with E-state index in [0.29, 0.717) is 12.9 Å². The summed E-state index contributed by atoms with van der Waals surface area (Å²) in [6, 6.07) is 0. The fraction of sp³-hybridized carbons (Fsp3) is 0.143. The molecule has 0 bridgehead atoms. The SMILES string of the molecule is O=CC1=C(C(=O)NS)OCC=C1. The first kappa shape index (κ1) is 8.86. The summed E-state index contributed by atoms with van der Waals surface area (Å²) in [6.45, 7) is 0.299. The van der Waals surface area contributed by atoms with Crippen LogP contribution in [0.15, 0.2) is 23.5 Å². The van der Waals surface area contributed by atoms with E-state index in [0.717, 1.165) is 0 Å². The third kappa shape index (κ3) is 1.68. The average molecular weight is 185 g/mol. The van der Waals surface area contributed by atoms with Crippen molar-refractivity contribution in [2.45, 2.75) is 0 Å². The third-order valence-electron chi connectivity index (χ3n) is 1.32. The molecular formula is C7H7NO3S. The van der Waals surface area contributed by atoms with Gasteiger partial charge in [0, 0.05) is 0 Å². The van der Waals surface area contributed by atoms with Gasteiger partial charge in [-0.3, -0.25) is 14.3 Å². The molecule has 0 aromatic heterocycles. The summed E-state index contributed by atoms with van der Waals surface area (Å²) in [5.41, 5.74) is 0.229. The lowest BCUT2D eigenvalue weighted by atomic mass is 10.2. The number of rotatable bonds is 2. The van der Waals surface area contributed by atoms with Crippen molar-refractivity contribution in [3.05, 3.63) is 23.5 Å². The zero-order valence-corrected chi connectivity index (χ0v) is 7.01. The number of hydrogen-bond donors (Lipinski definition) is 2. The molecule has 64 valence electrons. The fourth-order valence-electron chi connectivity index (χ4n) is 0.806. The number of ether oxygens (including phenoxy) is 1. The summed E-state index contributed by atoms with van der Waals surface area (Å²) >= 11 is 3.55. The van der Waals surface area contributed by atoms with Crippen LogP contribution in [0.4, 0.5) is 0 Å². The number of hydrogen-bond acceptors (Lipinski definition) is 4. The fourth-order valence-corrected chi connectivity index (χ4v) is 0.907. The van der Waals surface area contributed by atoms with Crippen LogP contribution < -0.4 is 4.72 Å². The molecule has 12 heavy (non-hydrogen) atoms. The maximum atomic E-state index is 11.0. The average Bonchev–Trinajstić information content (AvgIpc) is 2.16. The number of nitrogens with one attached hydrogen (secondary N) is 1. The van der Waals surface area contributed by atoms with Crippen LogP contribution in [-0.2, 0) is 14.3 Å². The standard InChI is InChI=1S/C7H7NO3S/c9-4-5-2-1-3-11-6(5)7(10)8-12/h1-2,4,12H,3H2,(H,8,10). The van der Waals surface area contributed by atoms with Crippen molar-refractivity contribution >= 4 is 25.0 Å². The number of carbonyl (C=O) groups is 2. The van der Waals surface area contributed by atoms with Gasteiger partial charge in [-0.1, -0.05) is 12.8 Å². The molecule has 0 atom stereocenters. The van der Waals surface area contributed by atoms with Crippen LogP contribution in [0, 0.1) is 0 Å². The third-order valence-corrected chi connectivity index (χ3v) is 1.52. The van der Waals surface area contributed by atoms with Gasteiger partial charge in [-0.2, -0.15) is 0 Å². The molecule has 0 aliphatic carbocycles. The number of carbonyl (C=O) groups excluding carboxylic acids is 2. The molecule has 4 nitrogen and oxygen atoms in total. The van der Waals surface area contributed by atoms with Crippen molar-refractivity contribution in [3.63, 3.8) is 0 Å². The van der Waals surface area contributed by atoms with E-state index in [-0.39, 0.29) is 11.3 Å². The van der Waals surface area contributed by atoms with E-state index in [1.807, 2.05) is 0 Å². The molecule has 0 fully saturated rings. The number of aldehydes is 1. The first-order valence-electron chi connectivity index (χ1n) is 3.23. The van der Waals surface area contributed by atoms with Crippen LogP contribution in [0.1, 0.15) is 0 Å². The Bertz CT molecular complexity index is 270. The maximum absolute atomic E-state index is 11.0. The predicted octanol–water partition coefficient (Wildman–Crippen LogP) is -0.0132. The van der Waals surface area contributed by atoms with Gasteiger partial charge in [0.25, 0.3) is 5.91 Å². The van der Waals surface area contributed by atoms with Gasteiger partial charge < -0.3 is 4.74 Å². The second-order valence-electron chi connectivity index (χ2n) is 2.06. The Kier molecular flexibility index (Phi) is 2.93. The lowest BCUT2D eigenvalue weighted by Gasteiger charge is -2.11. The van der Waals surface area contributed by atoms with Crippen molar-refractivity contribution in [1.82, 2.24) is 4.72 Å². The minimum Gasteiger partial charge on any atom is -0.483 e. The zero-order valence-electron chi connectivity index (χ0n) is 6.11. The normalized spacial score (nSPS) is 15.4. The van der Waals surface area contributed by atoms with Crippen LogP contribution in [0.3, 0.4) is 0 Å². The van der Waals surface area contributed by atoms with Gasteiger partial charge in [-0.25, -0.2) is 0 Å². The van der Waals surface area contributed by atoms with Crippen LogP contribution in [0.5, 0.6) is 0 Å². The van der Waals surface area contributed by atoms with Gasteiger partial charge in [-0.05, 0) is 12.2 Å². The Balaban J connectivity index is 2.95. The van der Waals surface area contributed by atoms with Crippen molar-refractivity contribution in [3.8, 4) is 0 Å². The first-order chi connectivity index (χ1) is 5.79. The maximum Gasteiger partial charge on any atom is 0.296 e. The number of allylic oxidation sites excluding steroid dienone is 2. The van der Waals surface area contributed by atoms with Crippen LogP contribution in [0.2, 0.25) is 0 Å². The monoisotopic (exact) mass is 185 g/mol. The van der Waals surface area contributed by atoms with E-state index >= 15 is 0 Å². The van der Waals surface area contributed by atoms with E-state index in [2.05, 4.69) is 17.5 Å². The molecule has 0 aromatic rings. The van der Waals surface area contributed by atoms with Crippen LogP contribution in [0.25, 0.3) is 0 Å². The highest BCUT2D eigenvalue weighted by Crippen LogP contribution is 2.11. The number of amides is 1. The Labute approximate surface area is 74.8 Å². The van der Waals surface area contributed by atoms with Crippen LogP contribution >= 0.6 is 12.8 Å². The largest absolute Gasteiger partial charge is 0.483 e. The van der Waals surface area contributed by atoms with E-state index < -0.39 is 5.91 Å². The van der Waals surface area contributed by atoms with Gasteiger partial charge in [0.2, 0.25) is 0 Å². The van der Waals surface area contributed by atoms with Gasteiger partial charge >= 0.3 is 0 Å². The molecule has 0 spiro atoms. The highest BCUT2D eigenvalue weighted by Gasteiger charge is 2.16. The molecule has 0 aromatic carbocycles. The summed E-state index contributed by atoms with van der Waals surface area (Å²) in [5, 5.41) is 0. The molecule has 5 heteroatoms. The topological polar surface area (TPSA) is 55.4 Å². The summed E-state index contributed by atoms with van der Waals surface area (Å²) in [4.78, 5) is 21.4. The van der Waals surface area contributed by atoms with E-state index in [1.54, 1.807) is 6.08 Å². The summed E-state index contributed by atoms with van der Waals surface area (Å²) in [6.07, 6.45) is 3.75. The molecule has 1 aliphatic rings. The Hall–Kier alpha value is -1.23. The molecule has 1 heterocycles. The van der Waals surface area contributed by atoms with Crippen molar-refractivity contribution < 1.29 is 14.3 Å². The molecule has 0 saturated heterocycles. The summed E-state index contributed by atoms with van der Waals surface area (Å²) in [5.74, 6) is -0.493. The molecule has 1 aliphatic heterocycles. The second-order valence-corrected chi connectivity index (χ2v) is 2.28. The van der Waals surface area contributed by atoms with Gasteiger partial charge in [0.05, 0.1) is 5.57 Å². The molecule has 1 N–H and O–H groups in total. The summed E-state index contributed by atoms with van der Waals surface area (Å²) in [7, 11) is 0. The number of thiol groups is 1. The lowest BCUT2D eigenvalue weighted by molar-refractivity contribution is -0.119. The van der Waals surface area contributed by atoms with Crippen LogP contribution in [-0.4, -0.2) is 18.8 Å². The second kappa shape index (κ2) is 3.96. The van der Waals surface area contributed by atoms with E-state index in [9.17, 15) is 9.59 Å².